The fraction of sp³-hybridized carbons (Fsp3) is 0.130. The molecule has 0 fully saturated rings. The van der Waals surface area contributed by atoms with Crippen molar-refractivity contribution in [3.05, 3.63) is 88.7 Å². The molecule has 8 heteroatoms. The highest BCUT2D eigenvalue weighted by molar-refractivity contribution is 5.94. The molecule has 0 bridgehead atoms. The fourth-order valence-electron chi connectivity index (χ4n) is 3.07. The number of carbonyl (C=O) groups excluding carboxylic acids is 1. The van der Waals surface area contributed by atoms with Gasteiger partial charge in [0.25, 0.3) is 11.6 Å². The highest BCUT2D eigenvalue weighted by atomic mass is 16.6. The van der Waals surface area contributed by atoms with Crippen LogP contribution in [0.2, 0.25) is 0 Å². The molecule has 2 heterocycles. The molecule has 0 aliphatic carbocycles. The van der Waals surface area contributed by atoms with Crippen molar-refractivity contribution >= 4 is 22.9 Å². The summed E-state index contributed by atoms with van der Waals surface area (Å²) in [6.45, 7) is 3.67. The molecule has 0 saturated carbocycles. The van der Waals surface area contributed by atoms with Gasteiger partial charge >= 0.3 is 0 Å². The van der Waals surface area contributed by atoms with Crippen LogP contribution in [0.15, 0.2) is 73.1 Å². The van der Waals surface area contributed by atoms with E-state index in [2.05, 4.69) is 10.3 Å². The van der Waals surface area contributed by atoms with Crippen LogP contribution in [0.3, 0.4) is 0 Å². The predicted molar refractivity (Wildman–Crippen MR) is 117 cm³/mol. The smallest absolute Gasteiger partial charge is 0.286 e. The summed E-state index contributed by atoms with van der Waals surface area (Å²) < 4.78 is 7.37. The summed E-state index contributed by atoms with van der Waals surface area (Å²) in [6.07, 6.45) is 2.48. The van der Waals surface area contributed by atoms with Crippen molar-refractivity contribution in [3.8, 4) is 17.0 Å². The number of fused-ring (bicyclic) bond motifs is 1. The van der Waals surface area contributed by atoms with Crippen molar-refractivity contribution in [1.29, 1.82) is 0 Å². The average Bonchev–Trinajstić information content (AvgIpc) is 3.19. The zero-order chi connectivity index (χ0) is 22.0. The van der Waals surface area contributed by atoms with Gasteiger partial charge in [-0.2, -0.15) is 0 Å². The Balaban J connectivity index is 1.44. The number of aryl methyl sites for hydroxylation is 1. The van der Waals surface area contributed by atoms with Crippen LogP contribution in [0.25, 0.3) is 16.9 Å². The van der Waals surface area contributed by atoms with Gasteiger partial charge in [-0.3, -0.25) is 19.3 Å². The van der Waals surface area contributed by atoms with E-state index in [-0.39, 0.29) is 11.6 Å². The minimum atomic E-state index is -0.678. The summed E-state index contributed by atoms with van der Waals surface area (Å²) >= 11 is 0. The molecule has 1 atom stereocenters. The molecule has 2 aromatic carbocycles. The quantitative estimate of drug-likeness (QED) is 0.365. The molecule has 156 valence electrons. The van der Waals surface area contributed by atoms with Crippen LogP contribution in [0.4, 0.5) is 11.4 Å². The van der Waals surface area contributed by atoms with Crippen LogP contribution in [-0.4, -0.2) is 26.3 Å². The van der Waals surface area contributed by atoms with Crippen molar-refractivity contribution in [2.45, 2.75) is 20.0 Å². The Labute approximate surface area is 178 Å². The minimum absolute atomic E-state index is 0.00176. The third-order valence-corrected chi connectivity index (χ3v) is 4.80. The normalized spacial score (nSPS) is 11.8. The maximum Gasteiger partial charge on any atom is 0.286 e. The maximum atomic E-state index is 12.4. The van der Waals surface area contributed by atoms with Crippen molar-refractivity contribution in [2.24, 2.45) is 0 Å². The standard InChI is InChI=1S/C23H20N4O4/c1-15-3-7-18(8-4-15)24-23(28)16(2)31-20-10-5-17(6-11-20)21-14-26-13-19(27(29)30)9-12-22(26)25-21/h3-14,16H,1-2H3,(H,24,28). The number of ether oxygens (including phenoxy) is 1. The van der Waals surface area contributed by atoms with Gasteiger partial charge in [0.15, 0.2) is 6.10 Å². The Hall–Kier alpha value is -4.20. The van der Waals surface area contributed by atoms with E-state index in [0.717, 1.165) is 11.1 Å². The molecule has 1 N–H and O–H groups in total. The second-order valence-corrected chi connectivity index (χ2v) is 7.18. The summed E-state index contributed by atoms with van der Waals surface area (Å²) in [5, 5.41) is 13.8. The molecule has 31 heavy (non-hydrogen) atoms. The summed E-state index contributed by atoms with van der Waals surface area (Å²) in [5.74, 6) is 0.310. The molecule has 0 aliphatic rings. The van der Waals surface area contributed by atoms with Gasteiger partial charge in [-0.25, -0.2) is 4.98 Å². The van der Waals surface area contributed by atoms with Crippen molar-refractivity contribution < 1.29 is 14.5 Å². The zero-order valence-electron chi connectivity index (χ0n) is 17.0. The number of imidazole rings is 1. The molecular formula is C23H20N4O4. The minimum Gasteiger partial charge on any atom is -0.481 e. The molecule has 0 spiro atoms. The van der Waals surface area contributed by atoms with Gasteiger partial charge in [-0.05, 0) is 56.3 Å². The molecular weight excluding hydrogens is 396 g/mol. The first-order valence-corrected chi connectivity index (χ1v) is 9.67. The highest BCUT2D eigenvalue weighted by Crippen LogP contribution is 2.24. The lowest BCUT2D eigenvalue weighted by Gasteiger charge is -2.15. The van der Waals surface area contributed by atoms with Crippen LogP contribution in [-0.2, 0) is 4.79 Å². The van der Waals surface area contributed by atoms with Gasteiger partial charge in [0, 0.05) is 23.5 Å². The number of nitrogens with one attached hydrogen (secondary N) is 1. The van der Waals surface area contributed by atoms with E-state index < -0.39 is 11.0 Å². The third kappa shape index (κ3) is 4.53. The van der Waals surface area contributed by atoms with Gasteiger partial charge in [0.2, 0.25) is 0 Å². The number of aromatic nitrogens is 2. The van der Waals surface area contributed by atoms with Gasteiger partial charge in [0.05, 0.1) is 16.8 Å². The van der Waals surface area contributed by atoms with E-state index in [9.17, 15) is 14.9 Å². The van der Waals surface area contributed by atoms with E-state index in [1.807, 2.05) is 43.3 Å². The first kappa shape index (κ1) is 20.1. The topological polar surface area (TPSA) is 98.8 Å². The van der Waals surface area contributed by atoms with E-state index in [1.54, 1.807) is 35.7 Å². The lowest BCUT2D eigenvalue weighted by atomic mass is 10.1. The first-order chi connectivity index (χ1) is 14.9. The van der Waals surface area contributed by atoms with E-state index in [0.29, 0.717) is 22.8 Å². The van der Waals surface area contributed by atoms with Gasteiger partial charge < -0.3 is 10.1 Å². The molecule has 1 unspecified atom stereocenters. The molecule has 0 aliphatic heterocycles. The molecule has 0 saturated heterocycles. The second kappa shape index (κ2) is 8.27. The number of hydrogen-bond donors (Lipinski definition) is 1. The third-order valence-electron chi connectivity index (χ3n) is 4.80. The molecule has 4 aromatic rings. The van der Waals surface area contributed by atoms with Crippen LogP contribution in [0.5, 0.6) is 5.75 Å². The van der Waals surface area contributed by atoms with Crippen LogP contribution in [0, 0.1) is 17.0 Å². The Morgan fingerprint density at radius 2 is 1.77 bits per heavy atom. The Morgan fingerprint density at radius 1 is 1.06 bits per heavy atom. The first-order valence-electron chi connectivity index (χ1n) is 9.67. The molecule has 2 aromatic heterocycles. The van der Waals surface area contributed by atoms with E-state index >= 15 is 0 Å². The summed E-state index contributed by atoms with van der Waals surface area (Å²) in [6, 6.07) is 17.8. The number of nitro groups is 1. The van der Waals surface area contributed by atoms with Gasteiger partial charge in [0.1, 0.15) is 11.4 Å². The number of nitrogens with zero attached hydrogens (tertiary/aromatic N) is 3. The molecule has 1 amide bonds. The fourth-order valence-corrected chi connectivity index (χ4v) is 3.07. The number of pyridine rings is 1. The van der Waals surface area contributed by atoms with Crippen molar-refractivity contribution in [3.63, 3.8) is 0 Å². The van der Waals surface area contributed by atoms with Crippen LogP contribution < -0.4 is 10.1 Å². The lowest BCUT2D eigenvalue weighted by Crippen LogP contribution is -2.30. The number of anilines is 1. The predicted octanol–water partition coefficient (Wildman–Crippen LogP) is 4.62. The summed E-state index contributed by atoms with van der Waals surface area (Å²) in [7, 11) is 0. The summed E-state index contributed by atoms with van der Waals surface area (Å²) in [4.78, 5) is 27.4. The average molecular weight is 416 g/mol. The highest BCUT2D eigenvalue weighted by Gasteiger charge is 2.15. The number of benzene rings is 2. The lowest BCUT2D eigenvalue weighted by molar-refractivity contribution is -0.385. The number of amides is 1. The molecule has 8 nitrogen and oxygen atoms in total. The Morgan fingerprint density at radius 3 is 2.45 bits per heavy atom. The van der Waals surface area contributed by atoms with Gasteiger partial charge in [-0.1, -0.05) is 17.7 Å². The van der Waals surface area contributed by atoms with Crippen molar-refractivity contribution in [1.82, 2.24) is 9.38 Å². The maximum absolute atomic E-state index is 12.4. The number of hydrogen-bond acceptors (Lipinski definition) is 5. The van der Waals surface area contributed by atoms with E-state index in [1.165, 1.54) is 12.3 Å². The van der Waals surface area contributed by atoms with Gasteiger partial charge in [-0.15, -0.1) is 0 Å². The Kier molecular flexibility index (Phi) is 5.36. The molecule has 4 rings (SSSR count). The SMILES string of the molecule is Cc1ccc(NC(=O)C(C)Oc2ccc(-c3cn4cc([N+](=O)[O-])ccc4n3)cc2)cc1. The Bertz CT molecular complexity index is 1250. The van der Waals surface area contributed by atoms with E-state index in [4.69, 9.17) is 4.74 Å². The summed E-state index contributed by atoms with van der Waals surface area (Å²) in [5.41, 5.74) is 3.95. The zero-order valence-corrected chi connectivity index (χ0v) is 17.0. The van der Waals surface area contributed by atoms with Crippen molar-refractivity contribution in [2.75, 3.05) is 5.32 Å². The van der Waals surface area contributed by atoms with Crippen LogP contribution in [0.1, 0.15) is 12.5 Å². The largest absolute Gasteiger partial charge is 0.481 e. The number of rotatable bonds is 6. The monoisotopic (exact) mass is 416 g/mol. The second-order valence-electron chi connectivity index (χ2n) is 7.18. The van der Waals surface area contributed by atoms with Crippen LogP contribution >= 0.6 is 0 Å². The number of carbonyl (C=O) groups is 1. The molecule has 0 radical (unpaired) electrons.